The molecule has 7 heteroatoms. The van der Waals surface area contributed by atoms with Crippen molar-refractivity contribution in [3.05, 3.63) is 23.8 Å². The van der Waals surface area contributed by atoms with Crippen LogP contribution in [-0.2, 0) is 9.53 Å². The molecule has 1 saturated heterocycles. The van der Waals surface area contributed by atoms with Crippen molar-refractivity contribution < 1.29 is 19.1 Å². The van der Waals surface area contributed by atoms with Gasteiger partial charge in [-0.1, -0.05) is 6.07 Å². The highest BCUT2D eigenvalue weighted by Crippen LogP contribution is 2.26. The van der Waals surface area contributed by atoms with Gasteiger partial charge in [0.05, 0.1) is 11.8 Å². The summed E-state index contributed by atoms with van der Waals surface area (Å²) in [6.45, 7) is 3.16. The fraction of sp³-hybridized carbons (Fsp3) is 0.556. The molecule has 1 atom stereocenters. The van der Waals surface area contributed by atoms with Gasteiger partial charge in [-0.3, -0.25) is 4.79 Å². The zero-order valence-electron chi connectivity index (χ0n) is 15.4. The quantitative estimate of drug-likeness (QED) is 0.854. The van der Waals surface area contributed by atoms with Gasteiger partial charge < -0.3 is 24.6 Å². The molecule has 0 aliphatic carbocycles. The molecule has 1 heterocycles. The van der Waals surface area contributed by atoms with E-state index < -0.39 is 0 Å². The van der Waals surface area contributed by atoms with Crippen LogP contribution < -0.4 is 10.1 Å². The third-order valence-electron chi connectivity index (χ3n) is 4.08. The van der Waals surface area contributed by atoms with E-state index in [1.807, 2.05) is 13.0 Å². The lowest BCUT2D eigenvalue weighted by atomic mass is 10.2. The molecular formula is C18H27N3O4. The van der Waals surface area contributed by atoms with Crippen LogP contribution >= 0.6 is 0 Å². The molecule has 0 bridgehead atoms. The Morgan fingerprint density at radius 3 is 2.72 bits per heavy atom. The number of ether oxygens (including phenoxy) is 2. The summed E-state index contributed by atoms with van der Waals surface area (Å²) in [7, 11) is 5.08. The van der Waals surface area contributed by atoms with Crippen molar-refractivity contribution in [3.8, 4) is 5.75 Å². The average Bonchev–Trinajstić information content (AvgIpc) is 3.07. The largest absolute Gasteiger partial charge is 0.482 e. The van der Waals surface area contributed by atoms with Crippen LogP contribution in [0.5, 0.6) is 5.75 Å². The molecule has 0 radical (unpaired) electrons. The van der Waals surface area contributed by atoms with Crippen LogP contribution in [0.2, 0.25) is 0 Å². The molecule has 1 fully saturated rings. The summed E-state index contributed by atoms with van der Waals surface area (Å²) in [5.74, 6) is 0.336. The number of anilines is 1. The number of carbonyl (C=O) groups excluding carboxylic acids is 2. The van der Waals surface area contributed by atoms with E-state index in [2.05, 4.69) is 5.32 Å². The van der Waals surface area contributed by atoms with Crippen LogP contribution in [0.15, 0.2) is 18.2 Å². The lowest BCUT2D eigenvalue weighted by molar-refractivity contribution is -0.130. The first kappa shape index (κ1) is 19.1. The van der Waals surface area contributed by atoms with E-state index in [0.717, 1.165) is 25.0 Å². The number of rotatable bonds is 6. The molecule has 0 saturated carbocycles. The monoisotopic (exact) mass is 349 g/mol. The number of amides is 3. The van der Waals surface area contributed by atoms with Crippen LogP contribution in [-0.4, -0.2) is 68.7 Å². The van der Waals surface area contributed by atoms with Crippen LogP contribution in [0.3, 0.4) is 0 Å². The first-order chi connectivity index (χ1) is 11.9. The number of aryl methyl sites for hydroxylation is 1. The highest BCUT2D eigenvalue weighted by molar-refractivity contribution is 5.91. The number of likely N-dealkylation sites (N-methyl/N-ethyl adjacent to an activating group) is 2. The van der Waals surface area contributed by atoms with E-state index in [1.54, 1.807) is 38.2 Å². The Morgan fingerprint density at radius 2 is 2.08 bits per heavy atom. The smallest absolute Gasteiger partial charge is 0.321 e. The zero-order valence-corrected chi connectivity index (χ0v) is 15.4. The fourth-order valence-corrected chi connectivity index (χ4v) is 2.51. The number of urea groups is 1. The zero-order chi connectivity index (χ0) is 18.4. The van der Waals surface area contributed by atoms with Gasteiger partial charge in [-0.25, -0.2) is 4.79 Å². The maximum atomic E-state index is 12.4. The van der Waals surface area contributed by atoms with Crippen molar-refractivity contribution in [2.24, 2.45) is 0 Å². The highest BCUT2D eigenvalue weighted by atomic mass is 16.5. The molecule has 1 aliphatic rings. The summed E-state index contributed by atoms with van der Waals surface area (Å²) >= 11 is 0. The van der Waals surface area contributed by atoms with Crippen molar-refractivity contribution >= 4 is 17.6 Å². The second-order valence-corrected chi connectivity index (χ2v) is 6.52. The molecule has 1 aliphatic heterocycles. The van der Waals surface area contributed by atoms with E-state index in [0.29, 0.717) is 18.0 Å². The summed E-state index contributed by atoms with van der Waals surface area (Å²) in [6.07, 6.45) is 2.11. The molecule has 0 spiro atoms. The van der Waals surface area contributed by atoms with E-state index >= 15 is 0 Å². The second kappa shape index (κ2) is 8.71. The predicted molar refractivity (Wildman–Crippen MR) is 96.0 cm³/mol. The third kappa shape index (κ3) is 5.63. The summed E-state index contributed by atoms with van der Waals surface area (Å²) in [4.78, 5) is 27.2. The molecule has 138 valence electrons. The van der Waals surface area contributed by atoms with E-state index in [9.17, 15) is 9.59 Å². The van der Waals surface area contributed by atoms with Gasteiger partial charge in [-0.2, -0.15) is 0 Å². The maximum Gasteiger partial charge on any atom is 0.321 e. The van der Waals surface area contributed by atoms with Crippen molar-refractivity contribution in [1.29, 1.82) is 0 Å². The lowest BCUT2D eigenvalue weighted by Gasteiger charge is -2.22. The summed E-state index contributed by atoms with van der Waals surface area (Å²) in [5.41, 5.74) is 1.53. The number of carbonyl (C=O) groups is 2. The number of hydrogen-bond acceptors (Lipinski definition) is 4. The van der Waals surface area contributed by atoms with Crippen LogP contribution in [0.4, 0.5) is 10.5 Å². The van der Waals surface area contributed by atoms with Gasteiger partial charge in [0.2, 0.25) is 0 Å². The van der Waals surface area contributed by atoms with Gasteiger partial charge in [0, 0.05) is 34.3 Å². The summed E-state index contributed by atoms with van der Waals surface area (Å²) in [5, 5.41) is 2.85. The van der Waals surface area contributed by atoms with Gasteiger partial charge in [-0.15, -0.1) is 0 Å². The minimum atomic E-state index is -0.233. The van der Waals surface area contributed by atoms with Crippen molar-refractivity contribution in [2.75, 3.05) is 46.2 Å². The van der Waals surface area contributed by atoms with Gasteiger partial charge in [0.1, 0.15) is 5.75 Å². The topological polar surface area (TPSA) is 71.1 Å². The van der Waals surface area contributed by atoms with Crippen LogP contribution in [0.25, 0.3) is 0 Å². The molecule has 2 rings (SSSR count). The maximum absolute atomic E-state index is 12.4. The molecule has 3 amide bonds. The lowest BCUT2D eigenvalue weighted by Crippen LogP contribution is -2.37. The molecule has 1 aromatic carbocycles. The van der Waals surface area contributed by atoms with E-state index in [1.165, 1.54) is 4.90 Å². The van der Waals surface area contributed by atoms with Gasteiger partial charge in [0.15, 0.2) is 6.61 Å². The van der Waals surface area contributed by atoms with Gasteiger partial charge in [-0.05, 0) is 37.5 Å². The van der Waals surface area contributed by atoms with Crippen LogP contribution in [0.1, 0.15) is 18.4 Å². The molecule has 1 aromatic rings. The Morgan fingerprint density at radius 1 is 1.32 bits per heavy atom. The van der Waals surface area contributed by atoms with Gasteiger partial charge in [0.25, 0.3) is 5.91 Å². The van der Waals surface area contributed by atoms with Gasteiger partial charge >= 0.3 is 6.03 Å². The fourth-order valence-electron chi connectivity index (χ4n) is 2.51. The summed E-state index contributed by atoms with van der Waals surface area (Å²) < 4.78 is 11.2. The molecule has 25 heavy (non-hydrogen) atoms. The molecular weight excluding hydrogens is 322 g/mol. The highest BCUT2D eigenvalue weighted by Gasteiger charge is 2.21. The SMILES string of the molecule is Cc1ccc(NC(=O)N(C)C[C@H]2CCCO2)c(OCC(=O)N(C)C)c1. The van der Waals surface area contributed by atoms with E-state index in [4.69, 9.17) is 9.47 Å². The minimum absolute atomic E-state index is 0.0783. The van der Waals surface area contributed by atoms with Crippen molar-refractivity contribution in [3.63, 3.8) is 0 Å². The summed E-state index contributed by atoms with van der Waals surface area (Å²) in [6, 6.07) is 5.24. The Balaban J connectivity index is 1.99. The Labute approximate surface area is 148 Å². The van der Waals surface area contributed by atoms with Crippen molar-refractivity contribution in [2.45, 2.75) is 25.9 Å². The molecule has 7 nitrogen and oxygen atoms in total. The Kier molecular flexibility index (Phi) is 6.64. The van der Waals surface area contributed by atoms with E-state index in [-0.39, 0.29) is 24.6 Å². The number of hydrogen-bond donors (Lipinski definition) is 1. The average molecular weight is 349 g/mol. The normalized spacial score (nSPS) is 16.4. The number of nitrogens with zero attached hydrogens (tertiary/aromatic N) is 2. The number of benzene rings is 1. The first-order valence-corrected chi connectivity index (χ1v) is 8.44. The minimum Gasteiger partial charge on any atom is -0.482 e. The third-order valence-corrected chi connectivity index (χ3v) is 4.08. The standard InChI is InChI=1S/C18H27N3O4/c1-13-7-8-15(16(10-13)25-12-17(22)20(2)3)19-18(23)21(4)11-14-6-5-9-24-14/h7-8,10,14H,5-6,9,11-12H2,1-4H3,(H,19,23)/t14-/m1/s1. The Bertz CT molecular complexity index is 612. The Hall–Kier alpha value is -2.28. The van der Waals surface area contributed by atoms with Crippen molar-refractivity contribution in [1.82, 2.24) is 9.80 Å². The van der Waals surface area contributed by atoms with Crippen LogP contribution in [0, 0.1) is 6.92 Å². The predicted octanol–water partition coefficient (Wildman–Crippen LogP) is 2.10. The molecule has 0 unspecified atom stereocenters. The first-order valence-electron chi connectivity index (χ1n) is 8.44. The molecule has 1 N–H and O–H groups in total. The molecule has 0 aromatic heterocycles. The second-order valence-electron chi connectivity index (χ2n) is 6.52. The number of nitrogens with one attached hydrogen (secondary N) is 1.